The van der Waals surface area contributed by atoms with Crippen molar-refractivity contribution in [3.8, 4) is 0 Å². The van der Waals surface area contributed by atoms with Crippen molar-refractivity contribution in [3.63, 3.8) is 0 Å². The van der Waals surface area contributed by atoms with E-state index in [-0.39, 0.29) is 6.04 Å². The smallest absolute Gasteiger partial charge is 0.140 e. The Morgan fingerprint density at radius 2 is 2.26 bits per heavy atom. The zero-order valence-corrected chi connectivity index (χ0v) is 13.6. The minimum atomic E-state index is 0.0332. The molecule has 104 valence electrons. The summed E-state index contributed by atoms with van der Waals surface area (Å²) in [6, 6.07) is 1.95. The van der Waals surface area contributed by atoms with Gasteiger partial charge in [-0.25, -0.2) is 0 Å². The second-order valence-corrected chi connectivity index (χ2v) is 5.99. The third-order valence-corrected chi connectivity index (χ3v) is 4.33. The zero-order valence-electron chi connectivity index (χ0n) is 11.1. The van der Waals surface area contributed by atoms with Crippen LogP contribution < -0.4 is 5.32 Å². The van der Waals surface area contributed by atoms with E-state index in [1.54, 1.807) is 6.26 Å². The topological polar surface area (TPSA) is 51.0 Å². The molecule has 6 heteroatoms. The molecular weight excluding hydrogens is 326 g/mol. The standard InChI is InChI=1S/C13H18BrN3OS/c1-3-5-10-13(19-17-16-10)11(15-7-4-2)12-9(14)6-8-18-12/h6,8,11,15H,3-5,7H2,1-2H3. The minimum Gasteiger partial charge on any atom is -0.466 e. The van der Waals surface area contributed by atoms with Crippen molar-refractivity contribution in [2.45, 2.75) is 39.2 Å². The van der Waals surface area contributed by atoms with Crippen LogP contribution in [0, 0.1) is 0 Å². The van der Waals surface area contributed by atoms with Crippen LogP contribution in [0.4, 0.5) is 0 Å². The van der Waals surface area contributed by atoms with E-state index in [0.29, 0.717) is 0 Å². The van der Waals surface area contributed by atoms with Crippen LogP contribution in [0.15, 0.2) is 21.2 Å². The molecule has 0 aliphatic carbocycles. The molecule has 19 heavy (non-hydrogen) atoms. The van der Waals surface area contributed by atoms with Crippen LogP contribution in [-0.2, 0) is 6.42 Å². The highest BCUT2D eigenvalue weighted by Gasteiger charge is 2.24. The summed E-state index contributed by atoms with van der Waals surface area (Å²) in [5.41, 5.74) is 1.07. The number of nitrogens with zero attached hydrogens (tertiary/aromatic N) is 2. The second-order valence-electron chi connectivity index (χ2n) is 4.35. The van der Waals surface area contributed by atoms with Crippen LogP contribution in [0.1, 0.15) is 49.1 Å². The molecule has 0 aromatic carbocycles. The quantitative estimate of drug-likeness (QED) is 0.827. The maximum Gasteiger partial charge on any atom is 0.140 e. The van der Waals surface area contributed by atoms with E-state index in [0.717, 1.165) is 46.6 Å². The fourth-order valence-corrected chi connectivity index (χ4v) is 3.15. The van der Waals surface area contributed by atoms with Gasteiger partial charge in [-0.3, -0.25) is 0 Å². The molecule has 0 spiro atoms. The van der Waals surface area contributed by atoms with Crippen LogP contribution in [0.2, 0.25) is 0 Å². The fourth-order valence-electron chi connectivity index (χ4n) is 1.95. The van der Waals surface area contributed by atoms with Crippen LogP contribution in [-0.4, -0.2) is 16.1 Å². The van der Waals surface area contributed by atoms with Crippen molar-refractivity contribution in [2.24, 2.45) is 0 Å². The largest absolute Gasteiger partial charge is 0.466 e. The Morgan fingerprint density at radius 1 is 1.42 bits per heavy atom. The number of aryl methyl sites for hydroxylation is 1. The molecule has 2 aromatic rings. The number of furan rings is 1. The highest BCUT2D eigenvalue weighted by molar-refractivity contribution is 9.10. The van der Waals surface area contributed by atoms with E-state index < -0.39 is 0 Å². The Bertz CT molecular complexity index is 511. The van der Waals surface area contributed by atoms with Crippen molar-refractivity contribution >= 4 is 27.5 Å². The molecule has 1 unspecified atom stereocenters. The molecule has 2 aromatic heterocycles. The van der Waals surface area contributed by atoms with Gasteiger partial charge in [-0.05, 0) is 52.9 Å². The van der Waals surface area contributed by atoms with Gasteiger partial charge in [-0.2, -0.15) is 0 Å². The van der Waals surface area contributed by atoms with Gasteiger partial charge in [0.15, 0.2) is 0 Å². The summed E-state index contributed by atoms with van der Waals surface area (Å²) in [4.78, 5) is 1.16. The van der Waals surface area contributed by atoms with Gasteiger partial charge in [-0.15, -0.1) is 5.10 Å². The van der Waals surface area contributed by atoms with Crippen LogP contribution in [0.5, 0.6) is 0 Å². The Hall–Kier alpha value is -0.720. The van der Waals surface area contributed by atoms with Gasteiger partial charge in [0.25, 0.3) is 0 Å². The number of hydrogen-bond acceptors (Lipinski definition) is 5. The van der Waals surface area contributed by atoms with Crippen molar-refractivity contribution in [3.05, 3.63) is 33.1 Å². The molecule has 0 aliphatic heterocycles. The van der Waals surface area contributed by atoms with Crippen LogP contribution in [0.3, 0.4) is 0 Å². The zero-order chi connectivity index (χ0) is 13.7. The monoisotopic (exact) mass is 343 g/mol. The third-order valence-electron chi connectivity index (χ3n) is 2.84. The molecule has 0 bridgehead atoms. The predicted molar refractivity (Wildman–Crippen MR) is 80.4 cm³/mol. The normalized spacial score (nSPS) is 12.8. The lowest BCUT2D eigenvalue weighted by Crippen LogP contribution is -2.23. The summed E-state index contributed by atoms with van der Waals surface area (Å²) in [5.74, 6) is 0.900. The molecule has 2 rings (SSSR count). The Balaban J connectivity index is 2.31. The molecule has 4 nitrogen and oxygen atoms in total. The first-order valence-electron chi connectivity index (χ1n) is 6.55. The SMILES string of the molecule is CCCNC(c1occc1Br)c1snnc1CCC. The van der Waals surface area contributed by atoms with Gasteiger partial charge < -0.3 is 9.73 Å². The Labute approximate surface area is 125 Å². The Morgan fingerprint density at radius 3 is 2.89 bits per heavy atom. The molecule has 0 aliphatic rings. The number of hydrogen-bond donors (Lipinski definition) is 1. The van der Waals surface area contributed by atoms with Crippen molar-refractivity contribution in [1.29, 1.82) is 0 Å². The highest BCUT2D eigenvalue weighted by Crippen LogP contribution is 2.33. The number of rotatable bonds is 7. The molecular formula is C13H18BrN3OS. The lowest BCUT2D eigenvalue weighted by molar-refractivity contribution is 0.445. The first-order valence-corrected chi connectivity index (χ1v) is 8.11. The fraction of sp³-hybridized carbons (Fsp3) is 0.538. The first-order chi connectivity index (χ1) is 9.27. The number of nitrogens with one attached hydrogen (secondary N) is 1. The van der Waals surface area contributed by atoms with Gasteiger partial charge in [0, 0.05) is 0 Å². The molecule has 1 atom stereocenters. The van der Waals surface area contributed by atoms with Gasteiger partial charge >= 0.3 is 0 Å². The maximum atomic E-state index is 5.62. The van der Waals surface area contributed by atoms with Crippen molar-refractivity contribution in [2.75, 3.05) is 6.54 Å². The number of aromatic nitrogens is 2. The molecule has 0 amide bonds. The Kier molecular flexibility index (Phi) is 5.54. The van der Waals surface area contributed by atoms with E-state index in [9.17, 15) is 0 Å². The van der Waals surface area contributed by atoms with Gasteiger partial charge in [-0.1, -0.05) is 24.8 Å². The van der Waals surface area contributed by atoms with E-state index in [4.69, 9.17) is 4.42 Å². The lowest BCUT2D eigenvalue weighted by atomic mass is 10.1. The second kappa shape index (κ2) is 7.17. The molecule has 0 saturated carbocycles. The summed E-state index contributed by atoms with van der Waals surface area (Å²) in [5, 5.41) is 7.77. The molecule has 2 heterocycles. The van der Waals surface area contributed by atoms with Gasteiger partial charge in [0.1, 0.15) is 11.8 Å². The molecule has 0 fully saturated rings. The van der Waals surface area contributed by atoms with Crippen LogP contribution >= 0.6 is 27.5 Å². The lowest BCUT2D eigenvalue weighted by Gasteiger charge is -2.16. The average Bonchev–Trinajstić information content (AvgIpc) is 3.01. The maximum absolute atomic E-state index is 5.62. The third kappa shape index (κ3) is 3.43. The van der Waals surface area contributed by atoms with Gasteiger partial charge in [0.2, 0.25) is 0 Å². The number of halogens is 1. The van der Waals surface area contributed by atoms with Crippen LogP contribution in [0.25, 0.3) is 0 Å². The average molecular weight is 344 g/mol. The van der Waals surface area contributed by atoms with E-state index in [1.807, 2.05) is 6.07 Å². The summed E-state index contributed by atoms with van der Waals surface area (Å²) in [6.07, 6.45) is 4.80. The van der Waals surface area contributed by atoms with Crippen molar-refractivity contribution < 1.29 is 4.42 Å². The predicted octanol–water partition coefficient (Wildman–Crippen LogP) is 3.94. The molecule has 1 N–H and O–H groups in total. The minimum absolute atomic E-state index is 0.0332. The summed E-state index contributed by atoms with van der Waals surface area (Å²) in [6.45, 7) is 5.24. The van der Waals surface area contributed by atoms with E-state index in [2.05, 4.69) is 44.7 Å². The summed E-state index contributed by atoms with van der Waals surface area (Å²) < 4.78 is 10.7. The van der Waals surface area contributed by atoms with Gasteiger partial charge in [0.05, 0.1) is 21.3 Å². The molecule has 0 radical (unpaired) electrons. The summed E-state index contributed by atoms with van der Waals surface area (Å²) in [7, 11) is 0. The van der Waals surface area contributed by atoms with E-state index in [1.165, 1.54) is 11.5 Å². The molecule has 0 saturated heterocycles. The summed E-state index contributed by atoms with van der Waals surface area (Å²) >= 11 is 4.99. The first kappa shape index (κ1) is 14.7. The van der Waals surface area contributed by atoms with E-state index >= 15 is 0 Å². The van der Waals surface area contributed by atoms with Crippen molar-refractivity contribution in [1.82, 2.24) is 14.9 Å². The highest BCUT2D eigenvalue weighted by atomic mass is 79.9.